The van der Waals surface area contributed by atoms with Crippen molar-refractivity contribution in [1.82, 2.24) is 4.90 Å². The van der Waals surface area contributed by atoms with Crippen LogP contribution in [-0.2, 0) is 35.3 Å². The van der Waals surface area contributed by atoms with E-state index in [0.29, 0.717) is 13.1 Å². The number of likely N-dealkylation sites (tertiary alicyclic amines) is 1. The zero-order valence-corrected chi connectivity index (χ0v) is 17.2. The van der Waals surface area contributed by atoms with E-state index in [9.17, 15) is 24.0 Å². The van der Waals surface area contributed by atoms with Gasteiger partial charge in [0.15, 0.2) is 18.1 Å². The van der Waals surface area contributed by atoms with Crippen molar-refractivity contribution in [2.75, 3.05) is 19.7 Å². The van der Waals surface area contributed by atoms with Gasteiger partial charge in [-0.15, -0.1) is 0 Å². The number of rotatable bonds is 8. The topological polar surface area (TPSA) is 133 Å². The number of amides is 1. The summed E-state index contributed by atoms with van der Waals surface area (Å²) >= 11 is 0. The molecule has 0 aromatic carbocycles. The molecule has 0 atom stereocenters. The van der Waals surface area contributed by atoms with Crippen LogP contribution >= 0.6 is 0 Å². The van der Waals surface area contributed by atoms with Gasteiger partial charge in [-0.3, -0.25) is 9.59 Å². The fourth-order valence-electron chi connectivity index (χ4n) is 2.72. The Hall–Kier alpha value is -3.17. The second-order valence-corrected chi connectivity index (χ2v) is 7.55. The minimum Gasteiger partial charge on any atom is -0.461 e. The molecule has 30 heavy (non-hydrogen) atoms. The predicted octanol–water partition coefficient (Wildman–Crippen LogP) is 1.29. The number of ketones is 1. The van der Waals surface area contributed by atoms with E-state index in [1.807, 2.05) is 0 Å². The molecule has 1 aliphatic heterocycles. The highest BCUT2D eigenvalue weighted by atomic mass is 16.6. The summed E-state index contributed by atoms with van der Waals surface area (Å²) in [6.45, 7) is 4.95. The van der Waals surface area contributed by atoms with E-state index in [1.54, 1.807) is 0 Å². The molecule has 1 aromatic rings. The van der Waals surface area contributed by atoms with Gasteiger partial charge >= 0.3 is 17.8 Å². The molecule has 0 radical (unpaired) electrons. The van der Waals surface area contributed by atoms with Crippen molar-refractivity contribution >= 4 is 23.6 Å². The molecule has 1 amide bonds. The average molecular weight is 423 g/mol. The van der Waals surface area contributed by atoms with Crippen LogP contribution in [0.2, 0.25) is 0 Å². The molecule has 0 N–H and O–H groups in total. The standard InChI is InChI=1S/C20H25NO9/c1-13-14(30-19(26)29-13)11-27-15(22)7-8-16(23)28-12-20(2,3)17(24)18(25)21-9-5-4-6-10-21/h7-8H,4-6,9-12H2,1-3H3/b8-7+. The van der Waals surface area contributed by atoms with Crippen molar-refractivity contribution < 1.29 is 37.5 Å². The summed E-state index contributed by atoms with van der Waals surface area (Å²) in [6.07, 6.45) is 4.43. The van der Waals surface area contributed by atoms with Crippen LogP contribution in [-0.4, -0.2) is 48.2 Å². The van der Waals surface area contributed by atoms with Gasteiger partial charge in [-0.1, -0.05) is 0 Å². The maximum absolute atomic E-state index is 12.5. The summed E-state index contributed by atoms with van der Waals surface area (Å²) in [5.74, 6) is -3.61. The van der Waals surface area contributed by atoms with Gasteiger partial charge in [0.2, 0.25) is 5.78 Å². The zero-order chi connectivity index (χ0) is 22.3. The maximum Gasteiger partial charge on any atom is 0.519 e. The Kier molecular flexibility index (Phi) is 7.73. The molecule has 1 aromatic heterocycles. The maximum atomic E-state index is 12.5. The lowest BCUT2D eigenvalue weighted by Crippen LogP contribution is -2.46. The second kappa shape index (κ2) is 10.0. The molecule has 10 nitrogen and oxygen atoms in total. The van der Waals surface area contributed by atoms with E-state index in [2.05, 4.69) is 8.83 Å². The molecule has 1 aliphatic rings. The van der Waals surface area contributed by atoms with Gasteiger partial charge in [-0.05, 0) is 40.0 Å². The number of esters is 2. The number of nitrogens with zero attached hydrogens (tertiary/aromatic N) is 1. The molecule has 0 bridgehead atoms. The SMILES string of the molecule is Cc1oc(=O)oc1COC(=O)/C=C/C(=O)OCC(C)(C)C(=O)C(=O)N1CCCCC1. The second-order valence-electron chi connectivity index (χ2n) is 7.55. The molecule has 2 rings (SSSR count). The lowest BCUT2D eigenvalue weighted by atomic mass is 9.88. The fraction of sp³-hybridized carbons (Fsp3) is 0.550. The highest BCUT2D eigenvalue weighted by Crippen LogP contribution is 2.20. The molecule has 0 unspecified atom stereocenters. The molecule has 0 saturated carbocycles. The van der Waals surface area contributed by atoms with Crippen molar-refractivity contribution in [2.45, 2.75) is 46.6 Å². The minimum atomic E-state index is -1.20. The first-order valence-corrected chi connectivity index (χ1v) is 9.55. The van der Waals surface area contributed by atoms with Gasteiger partial charge in [0, 0.05) is 25.2 Å². The average Bonchev–Trinajstić information content (AvgIpc) is 3.05. The Morgan fingerprint density at radius 2 is 1.60 bits per heavy atom. The Labute approximate surface area is 172 Å². The third kappa shape index (κ3) is 6.43. The molecule has 1 fully saturated rings. The van der Waals surface area contributed by atoms with E-state index in [-0.39, 0.29) is 24.7 Å². The predicted molar refractivity (Wildman–Crippen MR) is 101 cm³/mol. The van der Waals surface area contributed by atoms with Crippen LogP contribution in [0, 0.1) is 12.3 Å². The monoisotopic (exact) mass is 423 g/mol. The highest BCUT2D eigenvalue weighted by Gasteiger charge is 2.37. The summed E-state index contributed by atoms with van der Waals surface area (Å²) < 4.78 is 19.1. The largest absolute Gasteiger partial charge is 0.519 e. The first-order valence-electron chi connectivity index (χ1n) is 9.55. The van der Waals surface area contributed by atoms with Gasteiger partial charge in [0.1, 0.15) is 6.61 Å². The molecule has 0 spiro atoms. The van der Waals surface area contributed by atoms with Crippen LogP contribution in [0.1, 0.15) is 44.6 Å². The van der Waals surface area contributed by atoms with E-state index < -0.39 is 34.9 Å². The Balaban J connectivity index is 1.79. The van der Waals surface area contributed by atoms with Gasteiger partial charge in [0.25, 0.3) is 5.91 Å². The molecular weight excluding hydrogens is 398 g/mol. The lowest BCUT2D eigenvalue weighted by Gasteiger charge is -2.29. The minimum absolute atomic E-state index is 0.0583. The van der Waals surface area contributed by atoms with E-state index in [4.69, 9.17) is 9.47 Å². The van der Waals surface area contributed by atoms with Crippen molar-refractivity contribution in [3.8, 4) is 0 Å². The number of Topliss-reactive ketones (excluding diaryl/α,β-unsaturated/α-hetero) is 1. The molecule has 164 valence electrons. The van der Waals surface area contributed by atoms with Crippen LogP contribution in [0.3, 0.4) is 0 Å². The van der Waals surface area contributed by atoms with E-state index in [0.717, 1.165) is 31.4 Å². The molecule has 0 aliphatic carbocycles. The van der Waals surface area contributed by atoms with E-state index >= 15 is 0 Å². The van der Waals surface area contributed by atoms with Gasteiger partial charge in [-0.25, -0.2) is 14.4 Å². The summed E-state index contributed by atoms with van der Waals surface area (Å²) in [4.78, 5) is 60.7. The molecular formula is C20H25NO9. The Bertz CT molecular complexity index is 884. The molecule has 10 heteroatoms. The van der Waals surface area contributed by atoms with Crippen molar-refractivity contribution in [2.24, 2.45) is 5.41 Å². The van der Waals surface area contributed by atoms with Crippen LogP contribution in [0.5, 0.6) is 0 Å². The number of hydrogen-bond acceptors (Lipinski definition) is 9. The fourth-order valence-corrected chi connectivity index (χ4v) is 2.72. The number of piperidine rings is 1. The van der Waals surface area contributed by atoms with E-state index in [1.165, 1.54) is 25.7 Å². The third-order valence-electron chi connectivity index (χ3n) is 4.56. The van der Waals surface area contributed by atoms with Crippen molar-refractivity contribution in [1.29, 1.82) is 0 Å². The summed E-state index contributed by atoms with van der Waals surface area (Å²) in [5, 5.41) is 0. The van der Waals surface area contributed by atoms with Crippen molar-refractivity contribution in [3.63, 3.8) is 0 Å². The quantitative estimate of drug-likeness (QED) is 0.344. The van der Waals surface area contributed by atoms with Gasteiger partial charge in [0.05, 0.1) is 5.41 Å². The lowest BCUT2D eigenvalue weighted by molar-refractivity contribution is -0.154. The zero-order valence-electron chi connectivity index (χ0n) is 17.2. The number of carbonyl (C=O) groups excluding carboxylic acids is 4. The summed E-state index contributed by atoms with van der Waals surface area (Å²) in [7, 11) is 0. The number of aryl methyl sites for hydroxylation is 1. The number of hydrogen-bond donors (Lipinski definition) is 0. The Morgan fingerprint density at radius 1 is 1.00 bits per heavy atom. The number of carbonyl (C=O) groups is 4. The summed E-state index contributed by atoms with van der Waals surface area (Å²) in [6, 6.07) is 0. The first kappa shape index (κ1) is 23.1. The van der Waals surface area contributed by atoms with Crippen LogP contribution < -0.4 is 5.82 Å². The van der Waals surface area contributed by atoms with Crippen LogP contribution in [0.15, 0.2) is 25.8 Å². The van der Waals surface area contributed by atoms with Crippen LogP contribution in [0.25, 0.3) is 0 Å². The molecule has 1 saturated heterocycles. The highest BCUT2D eigenvalue weighted by molar-refractivity contribution is 6.38. The number of ether oxygens (including phenoxy) is 2. The first-order chi connectivity index (χ1) is 14.1. The van der Waals surface area contributed by atoms with Crippen LogP contribution in [0.4, 0.5) is 0 Å². The smallest absolute Gasteiger partial charge is 0.461 e. The normalized spacial score (nSPS) is 14.6. The Morgan fingerprint density at radius 3 is 2.17 bits per heavy atom. The summed E-state index contributed by atoms with van der Waals surface area (Å²) in [5.41, 5.74) is -1.20. The van der Waals surface area contributed by atoms with Crippen molar-refractivity contribution in [3.05, 3.63) is 34.3 Å². The van der Waals surface area contributed by atoms with Gasteiger partial charge in [-0.2, -0.15) is 0 Å². The third-order valence-corrected chi connectivity index (χ3v) is 4.56. The van der Waals surface area contributed by atoms with Gasteiger partial charge < -0.3 is 23.2 Å². The molecule has 2 heterocycles.